The van der Waals surface area contributed by atoms with Crippen LogP contribution in [0.5, 0.6) is 0 Å². The van der Waals surface area contributed by atoms with Gasteiger partial charge in [0.15, 0.2) is 0 Å². The first kappa shape index (κ1) is 27.0. The Morgan fingerprint density at radius 1 is 1.18 bits per heavy atom. The van der Waals surface area contributed by atoms with Gasteiger partial charge in [0.2, 0.25) is 5.95 Å². The van der Waals surface area contributed by atoms with Crippen LogP contribution in [-0.4, -0.2) is 53.0 Å². The van der Waals surface area contributed by atoms with Crippen LogP contribution in [0.2, 0.25) is 5.02 Å². The third-order valence-electron chi connectivity index (χ3n) is 6.08. The first-order chi connectivity index (χ1) is 15.7. The molecule has 6 nitrogen and oxygen atoms in total. The van der Waals surface area contributed by atoms with E-state index in [-0.39, 0.29) is 30.7 Å². The Labute approximate surface area is 221 Å². The number of benzene rings is 1. The van der Waals surface area contributed by atoms with E-state index in [9.17, 15) is 4.79 Å². The lowest BCUT2D eigenvalue weighted by Crippen LogP contribution is -2.31. The Kier molecular flexibility index (Phi) is 9.80. The SMILES string of the molecule is Cl.Cl.O=C(NC1CC1)c1cccc2sc(-c3nc(NCCCN4CCCCC4)ncc3Cl)cc12. The zero-order chi connectivity index (χ0) is 21.9. The second-order valence-corrected chi connectivity index (χ2v) is 10.1. The van der Waals surface area contributed by atoms with Crippen molar-refractivity contribution in [2.75, 3.05) is 31.5 Å². The van der Waals surface area contributed by atoms with Crippen molar-refractivity contribution in [1.29, 1.82) is 0 Å². The summed E-state index contributed by atoms with van der Waals surface area (Å²) in [5, 5.41) is 7.89. The third kappa shape index (κ3) is 6.52. The van der Waals surface area contributed by atoms with E-state index in [0.29, 0.717) is 28.3 Å². The van der Waals surface area contributed by atoms with Gasteiger partial charge >= 0.3 is 0 Å². The maximum absolute atomic E-state index is 12.7. The molecule has 0 atom stereocenters. The van der Waals surface area contributed by atoms with Crippen molar-refractivity contribution >= 4 is 69.7 Å². The highest BCUT2D eigenvalue weighted by Gasteiger charge is 2.25. The highest BCUT2D eigenvalue weighted by Crippen LogP contribution is 2.37. The van der Waals surface area contributed by atoms with Gasteiger partial charge in [-0.15, -0.1) is 36.2 Å². The van der Waals surface area contributed by atoms with Crippen molar-refractivity contribution in [3.63, 3.8) is 0 Å². The maximum atomic E-state index is 12.7. The van der Waals surface area contributed by atoms with Gasteiger partial charge in [-0.05, 0) is 69.9 Å². The molecule has 0 unspecified atom stereocenters. The molecule has 0 bridgehead atoms. The fourth-order valence-electron chi connectivity index (χ4n) is 4.18. The molecule has 1 saturated heterocycles. The molecule has 2 aromatic heterocycles. The van der Waals surface area contributed by atoms with Crippen LogP contribution in [0, 0.1) is 0 Å². The molecule has 3 aromatic rings. The number of thiophene rings is 1. The number of hydrogen-bond donors (Lipinski definition) is 2. The van der Waals surface area contributed by atoms with E-state index >= 15 is 0 Å². The summed E-state index contributed by atoms with van der Waals surface area (Å²) in [6.45, 7) is 4.37. The van der Waals surface area contributed by atoms with E-state index in [1.165, 1.54) is 32.4 Å². The summed E-state index contributed by atoms with van der Waals surface area (Å²) in [5.41, 5.74) is 1.41. The molecule has 10 heteroatoms. The number of rotatable bonds is 8. The molecule has 1 saturated carbocycles. The summed E-state index contributed by atoms with van der Waals surface area (Å²) in [7, 11) is 0. The normalized spacial score (nSPS) is 15.9. The van der Waals surface area contributed by atoms with Crippen molar-refractivity contribution in [2.45, 2.75) is 44.6 Å². The lowest BCUT2D eigenvalue weighted by molar-refractivity contribution is 0.0953. The van der Waals surface area contributed by atoms with Crippen molar-refractivity contribution in [1.82, 2.24) is 20.2 Å². The minimum Gasteiger partial charge on any atom is -0.354 e. The van der Waals surface area contributed by atoms with Crippen molar-refractivity contribution in [3.8, 4) is 10.6 Å². The van der Waals surface area contributed by atoms with E-state index in [2.05, 4.69) is 20.5 Å². The fourth-order valence-corrected chi connectivity index (χ4v) is 5.52. The second-order valence-electron chi connectivity index (χ2n) is 8.65. The van der Waals surface area contributed by atoms with Gasteiger partial charge in [0.1, 0.15) is 5.69 Å². The number of halogens is 3. The molecule has 5 rings (SSSR count). The monoisotopic (exact) mass is 541 g/mol. The van der Waals surface area contributed by atoms with Gasteiger partial charge in [-0.1, -0.05) is 24.1 Å². The number of likely N-dealkylation sites (tertiary alicyclic amines) is 1. The lowest BCUT2D eigenvalue weighted by Gasteiger charge is -2.26. The molecule has 184 valence electrons. The minimum absolute atomic E-state index is 0. The number of nitrogens with one attached hydrogen (secondary N) is 2. The second kappa shape index (κ2) is 12.4. The van der Waals surface area contributed by atoms with Gasteiger partial charge in [0, 0.05) is 28.2 Å². The van der Waals surface area contributed by atoms with Gasteiger partial charge in [0.25, 0.3) is 5.91 Å². The van der Waals surface area contributed by atoms with E-state index in [0.717, 1.165) is 47.3 Å². The Balaban J connectivity index is 0.00000162. The quantitative estimate of drug-likeness (QED) is 0.340. The summed E-state index contributed by atoms with van der Waals surface area (Å²) >= 11 is 8.07. The number of anilines is 1. The summed E-state index contributed by atoms with van der Waals surface area (Å²) in [6.07, 6.45) is 8.85. The number of carbonyl (C=O) groups excluding carboxylic acids is 1. The third-order valence-corrected chi connectivity index (χ3v) is 7.46. The molecule has 3 heterocycles. The van der Waals surface area contributed by atoms with Crippen LogP contribution in [-0.2, 0) is 0 Å². The van der Waals surface area contributed by atoms with E-state index in [1.807, 2.05) is 24.3 Å². The summed E-state index contributed by atoms with van der Waals surface area (Å²) in [5.74, 6) is 0.583. The highest BCUT2D eigenvalue weighted by atomic mass is 35.5. The molecular formula is C24H30Cl3N5OS. The van der Waals surface area contributed by atoms with Crippen molar-refractivity contribution < 1.29 is 4.79 Å². The molecule has 2 aliphatic rings. The van der Waals surface area contributed by atoms with Gasteiger partial charge in [-0.25, -0.2) is 9.97 Å². The van der Waals surface area contributed by atoms with Gasteiger partial charge < -0.3 is 15.5 Å². The Bertz CT molecular complexity index is 1120. The number of carbonyl (C=O) groups is 1. The molecule has 34 heavy (non-hydrogen) atoms. The Morgan fingerprint density at radius 3 is 2.74 bits per heavy atom. The van der Waals surface area contributed by atoms with Crippen molar-refractivity contribution in [2.24, 2.45) is 0 Å². The number of fused-ring (bicyclic) bond motifs is 1. The predicted octanol–water partition coefficient (Wildman–Crippen LogP) is 6.04. The molecule has 2 N–H and O–H groups in total. The summed E-state index contributed by atoms with van der Waals surface area (Å²) < 4.78 is 1.05. The molecule has 1 aliphatic carbocycles. The molecular weight excluding hydrogens is 513 g/mol. The first-order valence-corrected chi connectivity index (χ1v) is 12.7. The van der Waals surface area contributed by atoms with Crippen LogP contribution in [0.15, 0.2) is 30.5 Å². The minimum atomic E-state index is -0.00713. The van der Waals surface area contributed by atoms with Gasteiger partial charge in [0.05, 0.1) is 16.1 Å². The van der Waals surface area contributed by atoms with Gasteiger partial charge in [-0.3, -0.25) is 4.79 Å². The zero-order valence-electron chi connectivity index (χ0n) is 18.9. The van der Waals surface area contributed by atoms with E-state index in [4.69, 9.17) is 16.6 Å². The van der Waals surface area contributed by atoms with Crippen LogP contribution in [0.25, 0.3) is 20.7 Å². The average Bonchev–Trinajstić information content (AvgIpc) is 3.52. The molecule has 0 spiro atoms. The maximum Gasteiger partial charge on any atom is 0.252 e. The van der Waals surface area contributed by atoms with Crippen LogP contribution < -0.4 is 10.6 Å². The standard InChI is InChI=1S/C24H28ClN5OS.2ClH/c25-19-15-27-24(26-10-5-13-30-11-2-1-3-12-30)29-22(19)21-14-18-17(6-4-7-20(18)32-21)23(31)28-16-8-9-16;;/h4,6-7,14-16H,1-3,5,8-13H2,(H,28,31)(H,26,27,29);2*1H. The summed E-state index contributed by atoms with van der Waals surface area (Å²) in [4.78, 5) is 25.2. The first-order valence-electron chi connectivity index (χ1n) is 11.5. The fraction of sp³-hybridized carbons (Fsp3) is 0.458. The average molecular weight is 543 g/mol. The number of piperidine rings is 1. The molecule has 1 aliphatic heterocycles. The van der Waals surface area contributed by atoms with Crippen LogP contribution >= 0.6 is 47.8 Å². The van der Waals surface area contributed by atoms with Crippen LogP contribution in [0.3, 0.4) is 0 Å². The number of hydrogen-bond acceptors (Lipinski definition) is 6. The number of nitrogens with zero attached hydrogens (tertiary/aromatic N) is 3. The Morgan fingerprint density at radius 2 is 1.97 bits per heavy atom. The smallest absolute Gasteiger partial charge is 0.252 e. The molecule has 1 aromatic carbocycles. The zero-order valence-corrected chi connectivity index (χ0v) is 22.1. The number of amides is 1. The van der Waals surface area contributed by atoms with Crippen molar-refractivity contribution in [3.05, 3.63) is 41.0 Å². The van der Waals surface area contributed by atoms with Crippen LogP contribution in [0.4, 0.5) is 5.95 Å². The van der Waals surface area contributed by atoms with E-state index < -0.39 is 0 Å². The van der Waals surface area contributed by atoms with Gasteiger partial charge in [-0.2, -0.15) is 0 Å². The number of aromatic nitrogens is 2. The van der Waals surface area contributed by atoms with E-state index in [1.54, 1.807) is 17.5 Å². The summed E-state index contributed by atoms with van der Waals surface area (Å²) in [6, 6.07) is 8.20. The molecule has 0 radical (unpaired) electrons. The highest BCUT2D eigenvalue weighted by molar-refractivity contribution is 7.22. The lowest BCUT2D eigenvalue weighted by atomic mass is 10.1. The topological polar surface area (TPSA) is 70.2 Å². The van der Waals surface area contributed by atoms with Crippen LogP contribution in [0.1, 0.15) is 48.9 Å². The largest absolute Gasteiger partial charge is 0.354 e. The Hall–Kier alpha value is -1.64. The predicted molar refractivity (Wildman–Crippen MR) is 146 cm³/mol. The molecule has 1 amide bonds. The molecule has 2 fully saturated rings.